The highest BCUT2D eigenvalue weighted by Gasteiger charge is 2.27. The minimum atomic E-state index is -3.34. The van der Waals surface area contributed by atoms with Crippen molar-refractivity contribution in [1.29, 1.82) is 0 Å². The highest BCUT2D eigenvalue weighted by molar-refractivity contribution is 7.92. The summed E-state index contributed by atoms with van der Waals surface area (Å²) in [5, 5.41) is 3.01. The largest absolute Gasteiger partial charge is 0.349 e. The van der Waals surface area contributed by atoms with Crippen LogP contribution in [-0.4, -0.2) is 26.6 Å². The van der Waals surface area contributed by atoms with Crippen LogP contribution in [0.15, 0.2) is 48.5 Å². The second-order valence-electron chi connectivity index (χ2n) is 6.69. The predicted octanol–water partition coefficient (Wildman–Crippen LogP) is 3.26. The number of benzene rings is 2. The monoisotopic (exact) mass is 376 g/mol. The van der Waals surface area contributed by atoms with Crippen LogP contribution in [0.5, 0.6) is 0 Å². The van der Waals surface area contributed by atoms with Gasteiger partial charge in [-0.2, -0.15) is 0 Å². The molecular formula is C19H21FN2O3S. The van der Waals surface area contributed by atoms with E-state index in [1.54, 1.807) is 36.4 Å². The van der Waals surface area contributed by atoms with Gasteiger partial charge in [-0.3, -0.25) is 9.52 Å². The lowest BCUT2D eigenvalue weighted by atomic mass is 9.97. The van der Waals surface area contributed by atoms with E-state index in [-0.39, 0.29) is 23.7 Å². The number of rotatable bonds is 5. The third-order valence-corrected chi connectivity index (χ3v) is 5.14. The molecule has 0 heterocycles. The molecule has 5 nitrogen and oxygen atoms in total. The van der Waals surface area contributed by atoms with Crippen molar-refractivity contribution in [2.75, 3.05) is 11.0 Å². The molecule has 1 amide bonds. The summed E-state index contributed by atoms with van der Waals surface area (Å²) in [7, 11) is -3.34. The van der Waals surface area contributed by atoms with Gasteiger partial charge in [-0.25, -0.2) is 12.8 Å². The molecule has 2 unspecified atom stereocenters. The molecule has 0 spiro atoms. The molecule has 1 saturated carbocycles. The van der Waals surface area contributed by atoms with Gasteiger partial charge in [0.05, 0.1) is 6.26 Å². The predicted molar refractivity (Wildman–Crippen MR) is 99.2 cm³/mol. The topological polar surface area (TPSA) is 75.3 Å². The first-order valence-corrected chi connectivity index (χ1v) is 10.3. The standard InChI is InChI=1S/C19H21FN2O3S/c1-26(24,25)22-17-8-5-13(6-9-17)19(23)21-18-10-7-15(12-18)14-3-2-4-16(20)11-14/h2-6,8-9,11,15,18,22H,7,10,12H2,1H3,(H,21,23). The van der Waals surface area contributed by atoms with Crippen molar-refractivity contribution in [2.24, 2.45) is 0 Å². The average molecular weight is 376 g/mol. The van der Waals surface area contributed by atoms with Gasteiger partial charge in [-0.05, 0) is 67.1 Å². The zero-order valence-electron chi connectivity index (χ0n) is 14.4. The number of anilines is 1. The van der Waals surface area contributed by atoms with Crippen molar-refractivity contribution in [1.82, 2.24) is 5.32 Å². The summed E-state index contributed by atoms with van der Waals surface area (Å²) in [5.41, 5.74) is 1.85. The van der Waals surface area contributed by atoms with Crippen molar-refractivity contribution in [3.8, 4) is 0 Å². The van der Waals surface area contributed by atoms with Gasteiger partial charge in [0.1, 0.15) is 5.82 Å². The summed E-state index contributed by atoms with van der Waals surface area (Å²) in [5.74, 6) is -0.184. The molecule has 0 radical (unpaired) electrons. The second kappa shape index (κ2) is 7.45. The molecule has 2 N–H and O–H groups in total. The van der Waals surface area contributed by atoms with E-state index >= 15 is 0 Å². The number of halogens is 1. The smallest absolute Gasteiger partial charge is 0.251 e. The van der Waals surface area contributed by atoms with E-state index in [9.17, 15) is 17.6 Å². The van der Waals surface area contributed by atoms with E-state index in [1.807, 2.05) is 6.07 Å². The molecule has 0 aromatic heterocycles. The molecule has 2 atom stereocenters. The van der Waals surface area contributed by atoms with E-state index in [4.69, 9.17) is 0 Å². The molecule has 0 bridgehead atoms. The van der Waals surface area contributed by atoms with Crippen LogP contribution >= 0.6 is 0 Å². The minimum Gasteiger partial charge on any atom is -0.349 e. The summed E-state index contributed by atoms with van der Waals surface area (Å²) in [6.07, 6.45) is 3.61. The highest BCUT2D eigenvalue weighted by atomic mass is 32.2. The molecule has 138 valence electrons. The lowest BCUT2D eigenvalue weighted by molar-refractivity contribution is 0.0937. The van der Waals surface area contributed by atoms with Gasteiger partial charge in [0, 0.05) is 17.3 Å². The maximum absolute atomic E-state index is 13.4. The molecule has 2 aromatic carbocycles. The van der Waals surface area contributed by atoms with Crippen LogP contribution < -0.4 is 10.0 Å². The molecule has 1 aliphatic carbocycles. The fourth-order valence-corrected chi connectivity index (χ4v) is 3.91. The van der Waals surface area contributed by atoms with E-state index in [0.29, 0.717) is 11.3 Å². The van der Waals surface area contributed by atoms with Gasteiger partial charge in [0.2, 0.25) is 10.0 Å². The van der Waals surface area contributed by atoms with Crippen molar-refractivity contribution < 1.29 is 17.6 Å². The molecule has 2 aromatic rings. The summed E-state index contributed by atoms with van der Waals surface area (Å²) in [6.45, 7) is 0. The van der Waals surface area contributed by atoms with Crippen LogP contribution in [0.4, 0.5) is 10.1 Å². The van der Waals surface area contributed by atoms with Crippen LogP contribution in [-0.2, 0) is 10.0 Å². The number of carbonyl (C=O) groups excluding carboxylic acids is 1. The third-order valence-electron chi connectivity index (χ3n) is 4.54. The summed E-state index contributed by atoms with van der Waals surface area (Å²) < 4.78 is 38.1. The van der Waals surface area contributed by atoms with E-state index in [2.05, 4.69) is 10.0 Å². The number of carbonyl (C=O) groups is 1. The van der Waals surface area contributed by atoms with Gasteiger partial charge in [0.25, 0.3) is 5.91 Å². The van der Waals surface area contributed by atoms with Crippen molar-refractivity contribution in [3.63, 3.8) is 0 Å². The molecule has 1 aliphatic rings. The fraction of sp³-hybridized carbons (Fsp3) is 0.316. The van der Waals surface area contributed by atoms with E-state index in [1.165, 1.54) is 6.07 Å². The van der Waals surface area contributed by atoms with E-state index in [0.717, 1.165) is 31.1 Å². The Labute approximate surface area is 152 Å². The first-order valence-electron chi connectivity index (χ1n) is 8.44. The minimum absolute atomic E-state index is 0.0459. The Bertz CT molecular complexity index is 897. The molecular weight excluding hydrogens is 355 g/mol. The Hall–Kier alpha value is -2.41. The second-order valence-corrected chi connectivity index (χ2v) is 8.44. The number of hydrogen-bond donors (Lipinski definition) is 2. The summed E-state index contributed by atoms with van der Waals surface area (Å²) >= 11 is 0. The number of sulfonamides is 1. The fourth-order valence-electron chi connectivity index (χ4n) is 3.35. The van der Waals surface area contributed by atoms with Crippen LogP contribution in [0, 0.1) is 5.82 Å². The van der Waals surface area contributed by atoms with Crippen LogP contribution in [0.3, 0.4) is 0 Å². The molecule has 7 heteroatoms. The number of amides is 1. The van der Waals surface area contributed by atoms with Crippen LogP contribution in [0.1, 0.15) is 41.1 Å². The van der Waals surface area contributed by atoms with Crippen molar-refractivity contribution in [2.45, 2.75) is 31.2 Å². The highest BCUT2D eigenvalue weighted by Crippen LogP contribution is 2.34. The summed E-state index contributed by atoms with van der Waals surface area (Å²) in [6, 6.07) is 12.9. The zero-order valence-corrected chi connectivity index (χ0v) is 15.2. The Morgan fingerprint density at radius 1 is 1.12 bits per heavy atom. The Balaban J connectivity index is 1.58. The molecule has 3 rings (SSSR count). The van der Waals surface area contributed by atoms with Gasteiger partial charge in [-0.15, -0.1) is 0 Å². The summed E-state index contributed by atoms with van der Waals surface area (Å²) in [4.78, 5) is 12.4. The Kier molecular flexibility index (Phi) is 5.27. The molecule has 1 fully saturated rings. The first-order chi connectivity index (χ1) is 12.3. The van der Waals surface area contributed by atoms with Crippen LogP contribution in [0.2, 0.25) is 0 Å². The van der Waals surface area contributed by atoms with Gasteiger partial charge in [0.15, 0.2) is 0 Å². The lowest BCUT2D eigenvalue weighted by Crippen LogP contribution is -2.32. The first kappa shape index (κ1) is 18.4. The molecule has 0 aliphatic heterocycles. The van der Waals surface area contributed by atoms with E-state index < -0.39 is 10.0 Å². The molecule has 26 heavy (non-hydrogen) atoms. The van der Waals surface area contributed by atoms with Gasteiger partial charge < -0.3 is 5.32 Å². The van der Waals surface area contributed by atoms with Crippen molar-refractivity contribution in [3.05, 3.63) is 65.5 Å². The maximum atomic E-state index is 13.4. The maximum Gasteiger partial charge on any atom is 0.251 e. The molecule has 0 saturated heterocycles. The third kappa shape index (κ3) is 4.82. The Morgan fingerprint density at radius 2 is 1.85 bits per heavy atom. The van der Waals surface area contributed by atoms with Gasteiger partial charge >= 0.3 is 0 Å². The van der Waals surface area contributed by atoms with Crippen molar-refractivity contribution >= 4 is 21.6 Å². The quantitative estimate of drug-likeness (QED) is 0.841. The SMILES string of the molecule is CS(=O)(=O)Nc1ccc(C(=O)NC2CCC(c3cccc(F)c3)C2)cc1. The zero-order chi connectivity index (χ0) is 18.7. The van der Waals surface area contributed by atoms with Gasteiger partial charge in [-0.1, -0.05) is 12.1 Å². The number of nitrogens with one attached hydrogen (secondary N) is 2. The van der Waals surface area contributed by atoms with Crippen LogP contribution in [0.25, 0.3) is 0 Å². The lowest BCUT2D eigenvalue weighted by Gasteiger charge is -2.14. The number of hydrogen-bond acceptors (Lipinski definition) is 3. The normalized spacial score (nSPS) is 19.9. The average Bonchev–Trinajstić information content (AvgIpc) is 3.02. The Morgan fingerprint density at radius 3 is 2.50 bits per heavy atom.